The summed E-state index contributed by atoms with van der Waals surface area (Å²) in [6, 6.07) is 4.87. The van der Waals surface area contributed by atoms with Gasteiger partial charge in [-0.2, -0.15) is 0 Å². The van der Waals surface area contributed by atoms with E-state index in [4.69, 9.17) is 5.73 Å². The van der Waals surface area contributed by atoms with E-state index >= 15 is 0 Å². The molecule has 0 unspecified atom stereocenters. The van der Waals surface area contributed by atoms with Crippen molar-refractivity contribution in [2.75, 3.05) is 0 Å². The molecule has 1 heterocycles. The van der Waals surface area contributed by atoms with Gasteiger partial charge in [0.25, 0.3) is 0 Å². The van der Waals surface area contributed by atoms with Crippen LogP contribution in [0.2, 0.25) is 0 Å². The van der Waals surface area contributed by atoms with Gasteiger partial charge in [0.2, 0.25) is 0 Å². The molecule has 0 aliphatic heterocycles. The molecule has 0 atom stereocenters. The quantitative estimate of drug-likeness (QED) is 0.781. The fraction of sp³-hybridized carbons (Fsp3) is 0.100. The fourth-order valence-electron chi connectivity index (χ4n) is 1.39. The molecule has 0 saturated heterocycles. The van der Waals surface area contributed by atoms with Crippen LogP contribution in [0.1, 0.15) is 5.56 Å². The first-order chi connectivity index (χ1) is 6.83. The van der Waals surface area contributed by atoms with Crippen molar-refractivity contribution in [3.8, 4) is 5.69 Å². The topological polar surface area (TPSA) is 43.8 Å². The van der Waals surface area contributed by atoms with Crippen molar-refractivity contribution in [1.29, 1.82) is 0 Å². The Balaban J connectivity index is 2.58. The van der Waals surface area contributed by atoms with E-state index in [2.05, 4.69) is 4.98 Å². The second kappa shape index (κ2) is 3.59. The lowest BCUT2D eigenvalue weighted by molar-refractivity contribution is 0.608. The minimum absolute atomic E-state index is 0.181. The number of nitrogens with zero attached hydrogens (tertiary/aromatic N) is 2. The van der Waals surface area contributed by atoms with Crippen molar-refractivity contribution in [2.45, 2.75) is 6.54 Å². The van der Waals surface area contributed by atoms with Gasteiger partial charge in [-0.25, -0.2) is 9.37 Å². The van der Waals surface area contributed by atoms with Crippen LogP contribution in [0.25, 0.3) is 5.69 Å². The zero-order valence-corrected chi connectivity index (χ0v) is 7.52. The fourth-order valence-corrected chi connectivity index (χ4v) is 1.39. The van der Waals surface area contributed by atoms with E-state index < -0.39 is 0 Å². The summed E-state index contributed by atoms with van der Waals surface area (Å²) in [4.78, 5) is 3.90. The third kappa shape index (κ3) is 1.40. The van der Waals surface area contributed by atoms with E-state index in [1.807, 2.05) is 6.07 Å². The normalized spacial score (nSPS) is 10.4. The summed E-state index contributed by atoms with van der Waals surface area (Å²) in [6.07, 6.45) is 5.02. The molecule has 0 bridgehead atoms. The largest absolute Gasteiger partial charge is 0.326 e. The minimum atomic E-state index is -0.279. The molecule has 0 amide bonds. The Morgan fingerprint density at radius 3 is 2.93 bits per heavy atom. The number of nitrogens with two attached hydrogens (primary N) is 1. The number of aromatic nitrogens is 2. The van der Waals surface area contributed by atoms with Crippen LogP contribution in [0.4, 0.5) is 4.39 Å². The molecule has 0 spiro atoms. The molecule has 3 nitrogen and oxygen atoms in total. The van der Waals surface area contributed by atoms with Gasteiger partial charge in [0, 0.05) is 24.5 Å². The molecular weight excluding hydrogens is 181 g/mol. The summed E-state index contributed by atoms with van der Waals surface area (Å²) in [5.41, 5.74) is 6.73. The first kappa shape index (κ1) is 8.90. The number of halogens is 1. The Hall–Kier alpha value is -1.68. The maximum absolute atomic E-state index is 13.3. The van der Waals surface area contributed by atoms with Crippen molar-refractivity contribution < 1.29 is 4.39 Å². The Morgan fingerprint density at radius 2 is 2.29 bits per heavy atom. The smallest absolute Gasteiger partial charge is 0.129 e. The zero-order valence-electron chi connectivity index (χ0n) is 7.52. The average Bonchev–Trinajstić information content (AvgIpc) is 2.70. The monoisotopic (exact) mass is 191 g/mol. The highest BCUT2D eigenvalue weighted by Crippen LogP contribution is 2.16. The second-order valence-electron chi connectivity index (χ2n) is 2.91. The van der Waals surface area contributed by atoms with Gasteiger partial charge in [-0.3, -0.25) is 0 Å². The Morgan fingerprint density at radius 1 is 1.43 bits per heavy atom. The summed E-state index contributed by atoms with van der Waals surface area (Å²) >= 11 is 0. The molecule has 1 aromatic heterocycles. The highest BCUT2D eigenvalue weighted by Gasteiger charge is 2.07. The minimum Gasteiger partial charge on any atom is -0.326 e. The van der Waals surface area contributed by atoms with E-state index in [1.165, 1.54) is 6.07 Å². The van der Waals surface area contributed by atoms with Crippen LogP contribution >= 0.6 is 0 Å². The van der Waals surface area contributed by atoms with Crippen LogP contribution < -0.4 is 5.73 Å². The van der Waals surface area contributed by atoms with Crippen LogP contribution in [-0.4, -0.2) is 9.55 Å². The predicted octanol–water partition coefficient (Wildman–Crippen LogP) is 1.47. The molecule has 0 fully saturated rings. The Kier molecular flexibility index (Phi) is 2.28. The van der Waals surface area contributed by atoms with Gasteiger partial charge in [0.1, 0.15) is 5.82 Å². The van der Waals surface area contributed by atoms with E-state index in [1.54, 1.807) is 29.4 Å². The number of rotatable bonds is 2. The molecule has 1 aromatic carbocycles. The molecule has 0 saturated carbocycles. The summed E-state index contributed by atoms with van der Waals surface area (Å²) in [5, 5.41) is 0. The summed E-state index contributed by atoms with van der Waals surface area (Å²) in [5.74, 6) is -0.279. The lowest BCUT2D eigenvalue weighted by atomic mass is 10.1. The average molecular weight is 191 g/mol. The molecule has 72 valence electrons. The molecule has 2 aromatic rings. The zero-order chi connectivity index (χ0) is 9.97. The molecule has 0 aliphatic rings. The Bertz CT molecular complexity index is 423. The number of hydrogen-bond acceptors (Lipinski definition) is 2. The predicted molar refractivity (Wildman–Crippen MR) is 51.4 cm³/mol. The summed E-state index contributed by atoms with van der Waals surface area (Å²) < 4.78 is 15.1. The van der Waals surface area contributed by atoms with Gasteiger partial charge < -0.3 is 10.3 Å². The lowest BCUT2D eigenvalue weighted by Crippen LogP contribution is -2.05. The highest BCUT2D eigenvalue weighted by atomic mass is 19.1. The highest BCUT2D eigenvalue weighted by molar-refractivity contribution is 5.41. The molecule has 2 N–H and O–H groups in total. The van der Waals surface area contributed by atoms with Crippen molar-refractivity contribution in [3.05, 3.63) is 48.3 Å². The van der Waals surface area contributed by atoms with Gasteiger partial charge in [-0.05, 0) is 12.1 Å². The van der Waals surface area contributed by atoms with E-state index in [9.17, 15) is 4.39 Å². The lowest BCUT2D eigenvalue weighted by Gasteiger charge is -2.08. The summed E-state index contributed by atoms with van der Waals surface area (Å²) in [7, 11) is 0. The number of hydrogen-bond donors (Lipinski definition) is 1. The number of imidazole rings is 1. The maximum atomic E-state index is 13.3. The van der Waals surface area contributed by atoms with Crippen LogP contribution in [-0.2, 0) is 6.54 Å². The summed E-state index contributed by atoms with van der Waals surface area (Å²) in [6.45, 7) is 0.181. The van der Waals surface area contributed by atoms with Gasteiger partial charge in [0.05, 0.1) is 12.0 Å². The van der Waals surface area contributed by atoms with Crippen molar-refractivity contribution in [1.82, 2.24) is 9.55 Å². The van der Waals surface area contributed by atoms with Crippen molar-refractivity contribution >= 4 is 0 Å². The molecule has 2 rings (SSSR count). The maximum Gasteiger partial charge on any atom is 0.129 e. The van der Waals surface area contributed by atoms with E-state index in [0.29, 0.717) is 5.56 Å². The van der Waals surface area contributed by atoms with E-state index in [0.717, 1.165) is 5.69 Å². The van der Waals surface area contributed by atoms with Crippen LogP contribution in [0, 0.1) is 5.82 Å². The van der Waals surface area contributed by atoms with Crippen molar-refractivity contribution in [3.63, 3.8) is 0 Å². The standard InChI is InChI=1S/C10H10FN3/c11-9-2-1-3-10(8(9)6-12)14-5-4-13-7-14/h1-5,7H,6,12H2. The van der Waals surface area contributed by atoms with Gasteiger partial charge in [0.15, 0.2) is 0 Å². The second-order valence-corrected chi connectivity index (χ2v) is 2.91. The van der Waals surface area contributed by atoms with E-state index in [-0.39, 0.29) is 12.4 Å². The van der Waals surface area contributed by atoms with Crippen LogP contribution in [0.15, 0.2) is 36.9 Å². The van der Waals surface area contributed by atoms with Crippen molar-refractivity contribution in [2.24, 2.45) is 5.73 Å². The van der Waals surface area contributed by atoms with Crippen LogP contribution in [0.3, 0.4) is 0 Å². The molecule has 4 heteroatoms. The molecule has 14 heavy (non-hydrogen) atoms. The SMILES string of the molecule is NCc1c(F)cccc1-n1ccnc1. The molecule has 0 aliphatic carbocycles. The van der Waals surface area contributed by atoms with Crippen LogP contribution in [0.5, 0.6) is 0 Å². The first-order valence-corrected chi connectivity index (χ1v) is 4.28. The third-order valence-corrected chi connectivity index (χ3v) is 2.08. The third-order valence-electron chi connectivity index (χ3n) is 2.08. The number of benzene rings is 1. The molecule has 0 radical (unpaired) electrons. The molecular formula is C10H10FN3. The Labute approximate surface area is 81.0 Å². The van der Waals surface area contributed by atoms with Gasteiger partial charge >= 0.3 is 0 Å². The van der Waals surface area contributed by atoms with Gasteiger partial charge in [-0.1, -0.05) is 6.07 Å². The first-order valence-electron chi connectivity index (χ1n) is 4.28. The van der Waals surface area contributed by atoms with Gasteiger partial charge in [-0.15, -0.1) is 0 Å².